The molecule has 1 aromatic carbocycles. The van der Waals surface area contributed by atoms with Crippen LogP contribution in [0.1, 0.15) is 51.1 Å². The molecule has 3 heterocycles. The van der Waals surface area contributed by atoms with Gasteiger partial charge in [-0.3, -0.25) is 4.79 Å². The summed E-state index contributed by atoms with van der Waals surface area (Å²) in [5.74, 6) is -0.0264. The van der Waals surface area contributed by atoms with Crippen LogP contribution in [0.15, 0.2) is 40.2 Å². The number of alkyl halides is 1. The summed E-state index contributed by atoms with van der Waals surface area (Å²) in [5.41, 5.74) is -1.40. The zero-order valence-electron chi connectivity index (χ0n) is 20.9. The third-order valence-electron chi connectivity index (χ3n) is 7.09. The lowest BCUT2D eigenvalue weighted by Crippen LogP contribution is -2.50. The minimum absolute atomic E-state index is 0.0113. The third kappa shape index (κ3) is 5.82. The lowest BCUT2D eigenvalue weighted by molar-refractivity contribution is -0.0234. The lowest BCUT2D eigenvalue weighted by atomic mass is 9.91. The van der Waals surface area contributed by atoms with Gasteiger partial charge in [0.2, 0.25) is 10.0 Å². The molecule has 4 rings (SSSR count). The first-order chi connectivity index (χ1) is 17.6. The molecule has 9 nitrogen and oxygen atoms in total. The lowest BCUT2D eigenvalue weighted by Gasteiger charge is -2.40. The van der Waals surface area contributed by atoms with Gasteiger partial charge in [-0.15, -0.1) is 0 Å². The highest BCUT2D eigenvalue weighted by Crippen LogP contribution is 2.34. The van der Waals surface area contributed by atoms with Crippen molar-refractivity contribution in [2.45, 2.75) is 62.2 Å². The SMILES string of the molecule is CC(C)[C@@H]1C[C@@H](n2ncc(NC[C@@]3(F)CCCOC3)c(Cl)c2=O)CCN1S(=O)(=O)c1ccc(C#N)cc1. The molecular formula is C25H31ClFN5O4S. The van der Waals surface area contributed by atoms with Crippen LogP contribution in [-0.2, 0) is 14.8 Å². The predicted octanol–water partition coefficient (Wildman–Crippen LogP) is 3.75. The van der Waals surface area contributed by atoms with Gasteiger partial charge in [0.15, 0.2) is 5.67 Å². The first-order valence-electron chi connectivity index (χ1n) is 12.4. The Morgan fingerprint density at radius 1 is 1.35 bits per heavy atom. The molecule has 2 fully saturated rings. The van der Waals surface area contributed by atoms with Crippen LogP contribution in [0, 0.1) is 17.2 Å². The largest absolute Gasteiger partial charge is 0.379 e. The Labute approximate surface area is 221 Å². The maximum Gasteiger partial charge on any atom is 0.287 e. The second-order valence-corrected chi connectivity index (χ2v) is 12.3. The van der Waals surface area contributed by atoms with Gasteiger partial charge < -0.3 is 10.1 Å². The van der Waals surface area contributed by atoms with Gasteiger partial charge in [0.05, 0.1) is 47.6 Å². The third-order valence-corrected chi connectivity index (χ3v) is 9.39. The van der Waals surface area contributed by atoms with Gasteiger partial charge in [0.1, 0.15) is 5.02 Å². The van der Waals surface area contributed by atoms with Crippen LogP contribution in [0.2, 0.25) is 5.02 Å². The fourth-order valence-corrected chi connectivity index (χ4v) is 6.94. The summed E-state index contributed by atoms with van der Waals surface area (Å²) >= 11 is 6.37. The van der Waals surface area contributed by atoms with Gasteiger partial charge >= 0.3 is 0 Å². The van der Waals surface area contributed by atoms with Crippen molar-refractivity contribution >= 4 is 27.3 Å². The number of hydrogen-bond donors (Lipinski definition) is 1. The van der Waals surface area contributed by atoms with E-state index in [9.17, 15) is 17.6 Å². The van der Waals surface area contributed by atoms with Gasteiger partial charge in [-0.2, -0.15) is 14.7 Å². The summed E-state index contributed by atoms with van der Waals surface area (Å²) in [5, 5.41) is 16.2. The summed E-state index contributed by atoms with van der Waals surface area (Å²) < 4.78 is 49.8. The topological polar surface area (TPSA) is 117 Å². The molecule has 0 bridgehead atoms. The Hall–Kier alpha value is -2.52. The number of piperidine rings is 1. The van der Waals surface area contributed by atoms with Gasteiger partial charge in [0, 0.05) is 19.2 Å². The number of anilines is 1. The quantitative estimate of drug-likeness (QED) is 0.557. The molecule has 0 spiro atoms. The molecule has 0 saturated carbocycles. The van der Waals surface area contributed by atoms with Crippen molar-refractivity contribution in [3.63, 3.8) is 0 Å². The molecule has 3 atom stereocenters. The van der Waals surface area contributed by atoms with Crippen molar-refractivity contribution in [3.8, 4) is 6.07 Å². The second-order valence-electron chi connectivity index (χ2n) is 10.0. The molecule has 1 aromatic heterocycles. The Morgan fingerprint density at radius 3 is 2.70 bits per heavy atom. The molecule has 2 aromatic rings. The van der Waals surface area contributed by atoms with E-state index in [4.69, 9.17) is 21.6 Å². The molecule has 0 unspecified atom stereocenters. The molecular weight excluding hydrogens is 521 g/mol. The Morgan fingerprint density at radius 2 is 2.08 bits per heavy atom. The zero-order valence-corrected chi connectivity index (χ0v) is 22.4. The van der Waals surface area contributed by atoms with E-state index in [0.29, 0.717) is 37.9 Å². The molecule has 37 heavy (non-hydrogen) atoms. The molecule has 1 N–H and O–H groups in total. The molecule has 2 aliphatic heterocycles. The van der Waals surface area contributed by atoms with E-state index in [1.54, 1.807) is 0 Å². The number of hydrogen-bond acceptors (Lipinski definition) is 7. The van der Waals surface area contributed by atoms with E-state index < -0.39 is 21.3 Å². The standard InChI is InChI=1S/C25H31ClFN5O4S/c1-17(2)22-12-19(8-10-31(22)37(34,35)20-6-4-18(13-28)5-7-20)32-24(33)23(26)21(14-30-32)29-15-25(27)9-3-11-36-16-25/h4-7,14,17,19,22,29H,3,8-12,15-16H2,1-2H3/t19-,22-,25-/m0/s1. The molecule has 2 aliphatic rings. The van der Waals surface area contributed by atoms with Gasteiger partial charge in [0.25, 0.3) is 5.56 Å². The van der Waals surface area contributed by atoms with Gasteiger partial charge in [-0.1, -0.05) is 25.4 Å². The van der Waals surface area contributed by atoms with Crippen molar-refractivity contribution < 1.29 is 17.5 Å². The number of halogens is 2. The van der Waals surface area contributed by atoms with Crippen LogP contribution < -0.4 is 10.9 Å². The van der Waals surface area contributed by atoms with E-state index in [1.165, 1.54) is 39.4 Å². The maximum absolute atomic E-state index is 14.9. The Balaban J connectivity index is 1.52. The van der Waals surface area contributed by atoms with Crippen molar-refractivity contribution in [1.82, 2.24) is 14.1 Å². The fraction of sp³-hybridized carbons (Fsp3) is 0.560. The van der Waals surface area contributed by atoms with Crippen molar-refractivity contribution in [2.24, 2.45) is 5.92 Å². The first-order valence-corrected chi connectivity index (χ1v) is 14.2. The fourth-order valence-electron chi connectivity index (χ4n) is 4.96. The highest BCUT2D eigenvalue weighted by molar-refractivity contribution is 7.89. The summed E-state index contributed by atoms with van der Waals surface area (Å²) in [7, 11) is -3.80. The summed E-state index contributed by atoms with van der Waals surface area (Å²) in [4.78, 5) is 13.2. The van der Waals surface area contributed by atoms with E-state index in [1.807, 2.05) is 19.9 Å². The number of rotatable bonds is 7. The monoisotopic (exact) mass is 551 g/mol. The minimum Gasteiger partial charge on any atom is -0.379 e. The average molecular weight is 552 g/mol. The molecule has 12 heteroatoms. The van der Waals surface area contributed by atoms with Crippen LogP contribution in [0.25, 0.3) is 0 Å². The number of nitriles is 1. The Kier molecular flexibility index (Phi) is 8.23. The van der Waals surface area contributed by atoms with Crippen LogP contribution in [-0.4, -0.2) is 60.5 Å². The molecule has 0 radical (unpaired) electrons. The first kappa shape index (κ1) is 27.5. The summed E-state index contributed by atoms with van der Waals surface area (Å²) in [6, 6.07) is 7.11. The molecule has 2 saturated heterocycles. The van der Waals surface area contributed by atoms with Crippen LogP contribution >= 0.6 is 11.6 Å². The molecule has 0 aliphatic carbocycles. The number of nitrogens with one attached hydrogen (secondary N) is 1. The van der Waals surface area contributed by atoms with E-state index in [2.05, 4.69) is 10.4 Å². The normalized spacial score (nSPS) is 25.1. The molecule has 200 valence electrons. The highest BCUT2D eigenvalue weighted by atomic mass is 35.5. The number of nitrogens with zero attached hydrogens (tertiary/aromatic N) is 4. The van der Waals surface area contributed by atoms with Crippen LogP contribution in [0.4, 0.5) is 10.1 Å². The minimum atomic E-state index is -3.80. The number of aromatic nitrogens is 2. The summed E-state index contributed by atoms with van der Waals surface area (Å²) in [6.07, 6.45) is 3.17. The highest BCUT2D eigenvalue weighted by Gasteiger charge is 2.40. The van der Waals surface area contributed by atoms with Crippen LogP contribution in [0.3, 0.4) is 0 Å². The number of benzene rings is 1. The van der Waals surface area contributed by atoms with Crippen molar-refractivity contribution in [1.29, 1.82) is 5.26 Å². The van der Waals surface area contributed by atoms with Crippen molar-refractivity contribution in [3.05, 3.63) is 51.4 Å². The summed E-state index contributed by atoms with van der Waals surface area (Å²) in [6.45, 7) is 4.56. The second kappa shape index (κ2) is 11.1. The number of sulfonamides is 1. The Bertz CT molecular complexity index is 1320. The maximum atomic E-state index is 14.9. The molecule has 0 amide bonds. The van der Waals surface area contributed by atoms with Crippen LogP contribution in [0.5, 0.6) is 0 Å². The number of ether oxygens (including phenoxy) is 1. The predicted molar refractivity (Wildman–Crippen MR) is 138 cm³/mol. The van der Waals surface area contributed by atoms with Crippen molar-refractivity contribution in [2.75, 3.05) is 31.6 Å². The van der Waals surface area contributed by atoms with Gasteiger partial charge in [-0.05, 0) is 55.9 Å². The van der Waals surface area contributed by atoms with E-state index >= 15 is 0 Å². The smallest absolute Gasteiger partial charge is 0.287 e. The zero-order chi connectivity index (χ0) is 26.8. The average Bonchev–Trinajstić information content (AvgIpc) is 2.89. The van der Waals surface area contributed by atoms with E-state index in [0.717, 1.165) is 0 Å². The van der Waals surface area contributed by atoms with E-state index in [-0.39, 0.29) is 53.3 Å². The van der Waals surface area contributed by atoms with Gasteiger partial charge in [-0.25, -0.2) is 17.5 Å².